The van der Waals surface area contributed by atoms with Crippen molar-refractivity contribution in [1.29, 1.82) is 0 Å². The Balaban J connectivity index is 1.32. The third-order valence-electron chi connectivity index (χ3n) is 6.37. The van der Waals surface area contributed by atoms with Gasteiger partial charge in [0.25, 0.3) is 0 Å². The molecule has 2 aliphatic heterocycles. The molecule has 9 nitrogen and oxygen atoms in total. The van der Waals surface area contributed by atoms with Crippen LogP contribution >= 0.6 is 0 Å². The van der Waals surface area contributed by atoms with Crippen molar-refractivity contribution in [3.05, 3.63) is 42.7 Å². The zero-order chi connectivity index (χ0) is 22.4. The lowest BCUT2D eigenvalue weighted by molar-refractivity contribution is -0.190. The van der Waals surface area contributed by atoms with Gasteiger partial charge in [-0.1, -0.05) is 24.8 Å². The fraction of sp³-hybridized carbons (Fsp3) is 0.500. The largest absolute Gasteiger partial charge is 0.365 e. The summed E-state index contributed by atoms with van der Waals surface area (Å²) in [5, 5.41) is 3.54. The Morgan fingerprint density at radius 2 is 1.91 bits per heavy atom. The van der Waals surface area contributed by atoms with Gasteiger partial charge >= 0.3 is 0 Å². The van der Waals surface area contributed by atoms with Crippen LogP contribution in [0.4, 0.5) is 5.82 Å². The summed E-state index contributed by atoms with van der Waals surface area (Å²) < 4.78 is 20.7. The molecule has 4 atom stereocenters. The summed E-state index contributed by atoms with van der Waals surface area (Å²) in [6.45, 7) is 3.81. The quantitative estimate of drug-likeness (QED) is 0.614. The maximum atomic E-state index is 6.36. The van der Waals surface area contributed by atoms with Crippen LogP contribution in [0.1, 0.15) is 51.5 Å². The zero-order valence-corrected chi connectivity index (χ0v) is 18.6. The third kappa shape index (κ3) is 3.84. The van der Waals surface area contributed by atoms with E-state index >= 15 is 0 Å². The van der Waals surface area contributed by atoms with Crippen LogP contribution in [0.5, 0.6) is 0 Å². The van der Waals surface area contributed by atoms with E-state index in [2.05, 4.69) is 37.1 Å². The second kappa shape index (κ2) is 8.06. The Morgan fingerprint density at radius 3 is 2.73 bits per heavy atom. The number of rotatable bonds is 3. The zero-order valence-electron chi connectivity index (χ0n) is 18.6. The molecule has 170 valence electrons. The lowest BCUT2D eigenvalue weighted by Crippen LogP contribution is -2.28. The predicted molar refractivity (Wildman–Crippen MR) is 120 cm³/mol. The molecule has 0 unspecified atom stereocenters. The lowest BCUT2D eigenvalue weighted by atomic mass is 10.1. The molecule has 0 aromatic carbocycles. The van der Waals surface area contributed by atoms with E-state index in [4.69, 9.17) is 14.2 Å². The Hall–Kier alpha value is -3.06. The van der Waals surface area contributed by atoms with Crippen LogP contribution in [-0.2, 0) is 14.2 Å². The predicted octanol–water partition coefficient (Wildman–Crippen LogP) is 3.05. The molecule has 1 saturated carbocycles. The average Bonchev–Trinajstić information content (AvgIpc) is 3.58. The summed E-state index contributed by atoms with van der Waals surface area (Å²) in [6.07, 6.45) is 8.19. The fourth-order valence-corrected chi connectivity index (χ4v) is 4.91. The summed E-state index contributed by atoms with van der Waals surface area (Å²) in [5.74, 6) is 6.31. The van der Waals surface area contributed by atoms with E-state index in [9.17, 15) is 0 Å². The molecule has 3 aromatic heterocycles. The molecule has 9 heteroatoms. The first-order valence-corrected chi connectivity index (χ1v) is 11.5. The van der Waals surface area contributed by atoms with Gasteiger partial charge in [-0.15, -0.1) is 0 Å². The molecule has 6 rings (SSSR count). The number of ether oxygens (including phenoxy) is 3. The smallest absolute Gasteiger partial charge is 0.167 e. The van der Waals surface area contributed by atoms with E-state index in [0.717, 1.165) is 24.2 Å². The minimum absolute atomic E-state index is 0.336. The number of nitrogens with zero attached hydrogens (tertiary/aromatic N) is 5. The monoisotopic (exact) mass is 446 g/mol. The normalized spacial score (nSPS) is 28.5. The molecular weight excluding hydrogens is 420 g/mol. The van der Waals surface area contributed by atoms with Gasteiger partial charge in [0.1, 0.15) is 30.3 Å². The summed E-state index contributed by atoms with van der Waals surface area (Å²) >= 11 is 0. The lowest BCUT2D eigenvalue weighted by Gasteiger charge is -2.23. The van der Waals surface area contributed by atoms with Gasteiger partial charge in [-0.3, -0.25) is 4.57 Å². The van der Waals surface area contributed by atoms with Crippen molar-refractivity contribution in [2.24, 2.45) is 0 Å². The van der Waals surface area contributed by atoms with Gasteiger partial charge < -0.3 is 19.5 Å². The molecule has 2 saturated heterocycles. The molecule has 1 aliphatic carbocycles. The van der Waals surface area contributed by atoms with Crippen LogP contribution < -0.4 is 5.32 Å². The minimum Gasteiger partial charge on any atom is -0.365 e. The molecule has 0 amide bonds. The molecule has 3 aliphatic rings. The number of pyridine rings is 1. The van der Waals surface area contributed by atoms with Gasteiger partial charge in [0.15, 0.2) is 29.0 Å². The summed E-state index contributed by atoms with van der Waals surface area (Å²) in [5.41, 5.74) is 2.11. The maximum absolute atomic E-state index is 6.36. The summed E-state index contributed by atoms with van der Waals surface area (Å²) in [4.78, 5) is 17.9. The van der Waals surface area contributed by atoms with Gasteiger partial charge in [0, 0.05) is 12.2 Å². The molecular formula is C24H26N6O3. The number of imidazole rings is 1. The Bertz CT molecular complexity index is 1210. The highest BCUT2D eigenvalue weighted by molar-refractivity contribution is 5.82. The highest BCUT2D eigenvalue weighted by Crippen LogP contribution is 2.43. The molecule has 33 heavy (non-hydrogen) atoms. The van der Waals surface area contributed by atoms with E-state index < -0.39 is 18.1 Å². The van der Waals surface area contributed by atoms with Crippen LogP contribution in [-0.4, -0.2) is 54.6 Å². The molecule has 0 bridgehead atoms. The van der Waals surface area contributed by atoms with Crippen molar-refractivity contribution in [1.82, 2.24) is 24.5 Å². The molecule has 0 spiro atoms. The van der Waals surface area contributed by atoms with Crippen LogP contribution in [0.3, 0.4) is 0 Å². The van der Waals surface area contributed by atoms with E-state index in [1.54, 1.807) is 18.9 Å². The molecule has 1 N–H and O–H groups in total. The van der Waals surface area contributed by atoms with Crippen molar-refractivity contribution >= 4 is 17.0 Å². The van der Waals surface area contributed by atoms with Gasteiger partial charge in [-0.05, 0) is 44.7 Å². The van der Waals surface area contributed by atoms with E-state index in [0.29, 0.717) is 17.4 Å². The van der Waals surface area contributed by atoms with Crippen molar-refractivity contribution in [3.8, 4) is 11.8 Å². The van der Waals surface area contributed by atoms with Gasteiger partial charge in [0.05, 0.1) is 6.33 Å². The Morgan fingerprint density at radius 1 is 1.06 bits per heavy atom. The fourth-order valence-electron chi connectivity index (χ4n) is 4.91. The number of fused-ring (bicyclic) bond motifs is 2. The minimum atomic E-state index is -0.733. The number of anilines is 1. The first kappa shape index (κ1) is 20.5. The highest BCUT2D eigenvalue weighted by atomic mass is 16.8. The van der Waals surface area contributed by atoms with E-state index in [1.165, 1.54) is 12.8 Å². The van der Waals surface area contributed by atoms with E-state index in [-0.39, 0.29) is 12.2 Å². The average molecular weight is 447 g/mol. The number of nitrogens with one attached hydrogen (secondary N) is 1. The summed E-state index contributed by atoms with van der Waals surface area (Å²) in [7, 11) is 0. The van der Waals surface area contributed by atoms with Gasteiger partial charge in [0.2, 0.25) is 0 Å². The molecule has 3 aromatic rings. The maximum Gasteiger partial charge on any atom is 0.167 e. The SMILES string of the molecule is CC1(C)O[C@@H]2[C@H](O1)[C@@H](C#Cc1ccccn1)O[C@H]2n1cnc2c(NC3CCCC3)ncnc21. The van der Waals surface area contributed by atoms with Crippen LogP contribution in [0.15, 0.2) is 37.1 Å². The van der Waals surface area contributed by atoms with Crippen molar-refractivity contribution in [2.45, 2.75) is 75.9 Å². The topological polar surface area (TPSA) is 96.2 Å². The molecule has 0 radical (unpaired) electrons. The van der Waals surface area contributed by atoms with Crippen molar-refractivity contribution < 1.29 is 14.2 Å². The van der Waals surface area contributed by atoms with Crippen molar-refractivity contribution in [3.63, 3.8) is 0 Å². The van der Waals surface area contributed by atoms with Gasteiger partial charge in [-0.2, -0.15) is 0 Å². The van der Waals surface area contributed by atoms with Crippen molar-refractivity contribution in [2.75, 3.05) is 5.32 Å². The van der Waals surface area contributed by atoms with Crippen LogP contribution in [0, 0.1) is 11.8 Å². The summed E-state index contributed by atoms with van der Waals surface area (Å²) in [6, 6.07) is 6.07. The Labute approximate surface area is 191 Å². The molecule has 5 heterocycles. The van der Waals surface area contributed by atoms with Crippen LogP contribution in [0.2, 0.25) is 0 Å². The standard InChI is InChI=1S/C24H26N6O3/c1-24(2)32-19-17(11-10-15-7-5-6-12-25-15)31-23(20(19)33-24)30-14-28-18-21(26-13-27-22(18)30)29-16-8-3-4-9-16/h5-7,12-14,16-17,19-20,23H,3-4,8-9H2,1-2H3,(H,26,27,29)/t17-,19-,20-,23-/m1/s1. The third-order valence-corrected chi connectivity index (χ3v) is 6.37. The van der Waals surface area contributed by atoms with Crippen LogP contribution in [0.25, 0.3) is 11.2 Å². The Kier molecular flexibility index (Phi) is 5.02. The second-order valence-corrected chi connectivity index (χ2v) is 9.17. The van der Waals surface area contributed by atoms with E-state index in [1.807, 2.05) is 36.6 Å². The number of hydrogen-bond donors (Lipinski definition) is 1. The number of hydrogen-bond acceptors (Lipinski definition) is 8. The second-order valence-electron chi connectivity index (χ2n) is 9.17. The van der Waals surface area contributed by atoms with Gasteiger partial charge in [-0.25, -0.2) is 19.9 Å². The molecule has 3 fully saturated rings. The highest BCUT2D eigenvalue weighted by Gasteiger charge is 2.56. The first-order valence-electron chi connectivity index (χ1n) is 11.5. The first-order chi connectivity index (χ1) is 16.1. The number of aromatic nitrogens is 5.